The molecule has 0 aliphatic carbocycles. The van der Waals surface area contributed by atoms with Crippen molar-refractivity contribution in [1.82, 2.24) is 9.97 Å². The number of thiophene rings is 1. The largest absolute Gasteiger partial charge is 0.373 e. The van der Waals surface area contributed by atoms with Crippen molar-refractivity contribution in [2.75, 3.05) is 24.3 Å². The van der Waals surface area contributed by atoms with Gasteiger partial charge in [0.15, 0.2) is 0 Å². The fraction of sp³-hybridized carbons (Fsp3) is 0.467. The van der Waals surface area contributed by atoms with Crippen molar-refractivity contribution in [3.63, 3.8) is 0 Å². The maximum atomic E-state index is 4.69. The average Bonchev–Trinajstić information content (AvgIpc) is 2.99. The molecule has 20 heavy (non-hydrogen) atoms. The molecule has 4 nitrogen and oxygen atoms in total. The molecule has 0 spiro atoms. The Balaban J connectivity index is 2.33. The quantitative estimate of drug-likeness (QED) is 0.906. The topological polar surface area (TPSA) is 41.0 Å². The minimum atomic E-state index is 0.301. The summed E-state index contributed by atoms with van der Waals surface area (Å²) in [6.07, 6.45) is 0. The lowest BCUT2D eigenvalue weighted by atomic mass is 10.2. The van der Waals surface area contributed by atoms with Gasteiger partial charge in [0, 0.05) is 31.0 Å². The highest BCUT2D eigenvalue weighted by Crippen LogP contribution is 2.28. The molecule has 2 rings (SSSR count). The predicted octanol–water partition coefficient (Wildman–Crippen LogP) is 3.90. The zero-order valence-electron chi connectivity index (χ0n) is 12.7. The van der Waals surface area contributed by atoms with Gasteiger partial charge in [-0.3, -0.25) is 0 Å². The van der Waals surface area contributed by atoms with Gasteiger partial charge in [0.2, 0.25) is 0 Å². The molecule has 5 heteroatoms. The van der Waals surface area contributed by atoms with Gasteiger partial charge in [-0.25, -0.2) is 9.97 Å². The van der Waals surface area contributed by atoms with Gasteiger partial charge in [-0.1, -0.05) is 19.9 Å². The molecule has 1 atom stereocenters. The Morgan fingerprint density at radius 3 is 2.55 bits per heavy atom. The molecule has 1 N–H and O–H groups in total. The summed E-state index contributed by atoms with van der Waals surface area (Å²) < 4.78 is 0. The van der Waals surface area contributed by atoms with Crippen molar-refractivity contribution in [2.24, 2.45) is 0 Å². The predicted molar refractivity (Wildman–Crippen MR) is 86.8 cm³/mol. The zero-order valence-corrected chi connectivity index (χ0v) is 13.5. The molecule has 0 bridgehead atoms. The van der Waals surface area contributed by atoms with Crippen LogP contribution in [-0.4, -0.2) is 24.1 Å². The van der Waals surface area contributed by atoms with E-state index in [1.807, 2.05) is 13.1 Å². The summed E-state index contributed by atoms with van der Waals surface area (Å²) in [5.41, 5.74) is 0. The molecule has 0 saturated heterocycles. The van der Waals surface area contributed by atoms with Gasteiger partial charge in [0.05, 0.1) is 6.04 Å². The normalized spacial score (nSPS) is 12.5. The first-order chi connectivity index (χ1) is 9.52. The Morgan fingerprint density at radius 1 is 1.25 bits per heavy atom. The Kier molecular flexibility index (Phi) is 4.60. The van der Waals surface area contributed by atoms with E-state index in [1.54, 1.807) is 11.3 Å². The highest BCUT2D eigenvalue weighted by molar-refractivity contribution is 7.10. The first kappa shape index (κ1) is 14.8. The molecule has 108 valence electrons. The van der Waals surface area contributed by atoms with E-state index in [4.69, 9.17) is 4.98 Å². The van der Waals surface area contributed by atoms with Crippen LogP contribution in [0.2, 0.25) is 0 Å². The van der Waals surface area contributed by atoms with Gasteiger partial charge in [-0.05, 0) is 18.4 Å². The third-order valence-corrected chi connectivity index (χ3v) is 4.44. The average molecular weight is 290 g/mol. The molecule has 0 fully saturated rings. The molecule has 0 amide bonds. The van der Waals surface area contributed by atoms with E-state index >= 15 is 0 Å². The molecule has 1 unspecified atom stereocenters. The number of hydrogen-bond donors (Lipinski definition) is 1. The standard InChI is InChI=1S/C15H22N4S/c1-10(2)15-17-13(16-4)9-14(18-15)19(5)11(3)12-7-6-8-20-12/h6-11H,1-5H3,(H,16,17,18). The van der Waals surface area contributed by atoms with E-state index in [1.165, 1.54) is 4.88 Å². The number of nitrogens with one attached hydrogen (secondary N) is 1. The SMILES string of the molecule is CNc1cc(N(C)C(C)c2cccs2)nc(C(C)C)n1. The Morgan fingerprint density at radius 2 is 2.00 bits per heavy atom. The van der Waals surface area contributed by atoms with Crippen LogP contribution in [0.4, 0.5) is 11.6 Å². The van der Waals surface area contributed by atoms with Crippen LogP contribution in [0.3, 0.4) is 0 Å². The number of anilines is 2. The highest BCUT2D eigenvalue weighted by atomic mass is 32.1. The molecule has 0 aromatic carbocycles. The summed E-state index contributed by atoms with van der Waals surface area (Å²) >= 11 is 1.77. The maximum absolute atomic E-state index is 4.69. The van der Waals surface area contributed by atoms with Gasteiger partial charge in [0.25, 0.3) is 0 Å². The minimum Gasteiger partial charge on any atom is -0.373 e. The van der Waals surface area contributed by atoms with Crippen LogP contribution in [0.1, 0.15) is 43.4 Å². The first-order valence-electron chi connectivity index (χ1n) is 6.86. The van der Waals surface area contributed by atoms with Crippen LogP contribution in [0.15, 0.2) is 23.6 Å². The van der Waals surface area contributed by atoms with Gasteiger partial charge >= 0.3 is 0 Å². The lowest BCUT2D eigenvalue weighted by molar-refractivity contribution is 0.718. The van der Waals surface area contributed by atoms with Crippen molar-refractivity contribution in [3.05, 3.63) is 34.3 Å². The van der Waals surface area contributed by atoms with E-state index in [0.29, 0.717) is 12.0 Å². The second kappa shape index (κ2) is 6.22. The third-order valence-electron chi connectivity index (χ3n) is 3.40. The lowest BCUT2D eigenvalue weighted by Crippen LogP contribution is -2.23. The summed E-state index contributed by atoms with van der Waals surface area (Å²) in [7, 11) is 3.97. The third kappa shape index (κ3) is 3.10. The van der Waals surface area contributed by atoms with Crippen LogP contribution in [0.5, 0.6) is 0 Å². The summed E-state index contributed by atoms with van der Waals surface area (Å²) in [6, 6.07) is 6.54. The summed E-state index contributed by atoms with van der Waals surface area (Å²) in [4.78, 5) is 12.7. The fourth-order valence-corrected chi connectivity index (χ4v) is 2.76. The van der Waals surface area contributed by atoms with Crippen molar-refractivity contribution in [3.8, 4) is 0 Å². The molecule has 2 heterocycles. The van der Waals surface area contributed by atoms with E-state index in [9.17, 15) is 0 Å². The number of aromatic nitrogens is 2. The van der Waals surface area contributed by atoms with Crippen molar-refractivity contribution in [1.29, 1.82) is 0 Å². The smallest absolute Gasteiger partial charge is 0.135 e. The van der Waals surface area contributed by atoms with Gasteiger partial charge in [-0.15, -0.1) is 11.3 Å². The summed E-state index contributed by atoms with van der Waals surface area (Å²) in [6.45, 7) is 6.42. The van der Waals surface area contributed by atoms with Gasteiger partial charge in [-0.2, -0.15) is 0 Å². The molecule has 0 aliphatic heterocycles. The minimum absolute atomic E-state index is 0.301. The number of nitrogens with zero attached hydrogens (tertiary/aromatic N) is 3. The Hall–Kier alpha value is -1.62. The second-order valence-electron chi connectivity index (χ2n) is 5.18. The van der Waals surface area contributed by atoms with E-state index in [-0.39, 0.29) is 0 Å². The summed E-state index contributed by atoms with van der Waals surface area (Å²) in [5, 5.41) is 5.23. The molecular formula is C15H22N4S. The second-order valence-corrected chi connectivity index (χ2v) is 6.16. The van der Waals surface area contributed by atoms with Crippen molar-refractivity contribution in [2.45, 2.75) is 32.7 Å². The van der Waals surface area contributed by atoms with Crippen LogP contribution in [-0.2, 0) is 0 Å². The molecule has 2 aromatic heterocycles. The van der Waals surface area contributed by atoms with Gasteiger partial charge < -0.3 is 10.2 Å². The number of rotatable bonds is 5. The Bertz CT molecular complexity index is 551. The van der Waals surface area contributed by atoms with E-state index in [2.05, 4.69) is 60.5 Å². The Labute approximate surface area is 124 Å². The fourth-order valence-electron chi connectivity index (χ4n) is 1.94. The highest BCUT2D eigenvalue weighted by Gasteiger charge is 2.17. The molecule has 0 saturated carbocycles. The zero-order chi connectivity index (χ0) is 14.7. The molecular weight excluding hydrogens is 268 g/mol. The molecule has 0 radical (unpaired) electrons. The van der Waals surface area contributed by atoms with Crippen molar-refractivity contribution < 1.29 is 0 Å². The van der Waals surface area contributed by atoms with Crippen LogP contribution < -0.4 is 10.2 Å². The van der Waals surface area contributed by atoms with Crippen LogP contribution in [0.25, 0.3) is 0 Å². The first-order valence-corrected chi connectivity index (χ1v) is 7.74. The molecule has 2 aromatic rings. The van der Waals surface area contributed by atoms with Crippen molar-refractivity contribution >= 4 is 23.0 Å². The van der Waals surface area contributed by atoms with E-state index in [0.717, 1.165) is 17.5 Å². The van der Waals surface area contributed by atoms with E-state index < -0.39 is 0 Å². The van der Waals surface area contributed by atoms with Crippen LogP contribution >= 0.6 is 11.3 Å². The summed E-state index contributed by atoms with van der Waals surface area (Å²) in [5.74, 6) is 3.00. The van der Waals surface area contributed by atoms with Gasteiger partial charge in [0.1, 0.15) is 17.5 Å². The maximum Gasteiger partial charge on any atom is 0.135 e. The van der Waals surface area contributed by atoms with Crippen LogP contribution in [0, 0.1) is 0 Å². The monoisotopic (exact) mass is 290 g/mol. The molecule has 0 aliphatic rings. The lowest BCUT2D eigenvalue weighted by Gasteiger charge is -2.26. The number of hydrogen-bond acceptors (Lipinski definition) is 5.